The number of aromatic hydroxyl groups is 1. The van der Waals surface area contributed by atoms with Gasteiger partial charge in [0.1, 0.15) is 18.1 Å². The molecule has 2 heterocycles. The molecule has 198 valence electrons. The van der Waals surface area contributed by atoms with E-state index >= 15 is 0 Å². The molecule has 0 bridgehead atoms. The van der Waals surface area contributed by atoms with Crippen molar-refractivity contribution in [3.63, 3.8) is 0 Å². The third kappa shape index (κ3) is 7.36. The van der Waals surface area contributed by atoms with Gasteiger partial charge in [-0.2, -0.15) is 0 Å². The Morgan fingerprint density at radius 3 is 2.50 bits per heavy atom. The van der Waals surface area contributed by atoms with E-state index in [1.54, 1.807) is 4.68 Å². The maximum atomic E-state index is 12.7. The fraction of sp³-hybridized carbons (Fsp3) is 0.393. The first-order valence-corrected chi connectivity index (χ1v) is 13.0. The molecule has 0 saturated heterocycles. The molecule has 0 aliphatic rings. The summed E-state index contributed by atoms with van der Waals surface area (Å²) in [5.74, 6) is 0.383. The topological polar surface area (TPSA) is 139 Å². The zero-order valence-electron chi connectivity index (χ0n) is 21.3. The van der Waals surface area contributed by atoms with E-state index in [-0.39, 0.29) is 29.1 Å². The van der Waals surface area contributed by atoms with Crippen LogP contribution in [0.5, 0.6) is 11.5 Å². The monoisotopic (exact) mass is 516 g/mol. The molecule has 0 unspecified atom stereocenters. The minimum Gasteiger partial charge on any atom is -0.504 e. The summed E-state index contributed by atoms with van der Waals surface area (Å²) in [5.41, 5.74) is 9.61. The van der Waals surface area contributed by atoms with Crippen LogP contribution >= 0.6 is 0 Å². The van der Waals surface area contributed by atoms with Gasteiger partial charge in [0, 0.05) is 29.6 Å². The van der Waals surface area contributed by atoms with Gasteiger partial charge in [0.2, 0.25) is 5.75 Å². The second-order valence-corrected chi connectivity index (χ2v) is 9.18. The Morgan fingerprint density at radius 1 is 1.00 bits per heavy atom. The highest BCUT2D eigenvalue weighted by Crippen LogP contribution is 2.36. The molecule has 0 fully saturated rings. The molecule has 10 nitrogen and oxygen atoms in total. The number of ether oxygens (including phenoxy) is 1. The van der Waals surface area contributed by atoms with Crippen LogP contribution in [-0.4, -0.2) is 26.6 Å². The van der Waals surface area contributed by atoms with Gasteiger partial charge in [-0.05, 0) is 30.5 Å². The number of fused-ring (bicyclic) bond motifs is 1. The maximum Gasteiger partial charge on any atom is 0.205 e. The number of unbranched alkanes of at least 4 members (excludes halogenated alkanes) is 7. The lowest BCUT2D eigenvalue weighted by Gasteiger charge is -2.10. The number of hydrogen-bond acceptors (Lipinski definition) is 7. The Bertz CT molecular complexity index is 1430. The van der Waals surface area contributed by atoms with Crippen molar-refractivity contribution in [1.82, 2.24) is 15.0 Å². The number of phenolic OH excluding ortho intramolecular Hbond substituents is 1. The minimum absolute atomic E-state index is 0.0750. The van der Waals surface area contributed by atoms with Crippen molar-refractivity contribution < 1.29 is 14.3 Å². The fourth-order valence-electron chi connectivity index (χ4n) is 4.29. The SMILES string of the molecule is [N-]=[N+]=NCCCCCCCCCCn1cc(COc2c(O)ccc3c(=O)cc(-c4ccccc4)oc23)nn1. The Hall–Kier alpha value is -4.30. The van der Waals surface area contributed by atoms with Crippen LogP contribution < -0.4 is 10.2 Å². The molecule has 0 saturated carbocycles. The summed E-state index contributed by atoms with van der Waals surface area (Å²) in [5, 5.41) is 22.7. The van der Waals surface area contributed by atoms with Crippen molar-refractivity contribution in [3.8, 4) is 22.8 Å². The van der Waals surface area contributed by atoms with Gasteiger partial charge in [-0.3, -0.25) is 9.48 Å². The predicted octanol–water partition coefficient (Wildman–Crippen LogP) is 6.77. The Balaban J connectivity index is 1.28. The zero-order chi connectivity index (χ0) is 26.6. The molecule has 10 heteroatoms. The van der Waals surface area contributed by atoms with E-state index in [1.807, 2.05) is 36.5 Å². The van der Waals surface area contributed by atoms with Crippen LogP contribution in [0.3, 0.4) is 0 Å². The van der Waals surface area contributed by atoms with Gasteiger partial charge < -0.3 is 14.3 Å². The highest BCUT2D eigenvalue weighted by Gasteiger charge is 2.16. The molecule has 1 N–H and O–H groups in total. The molecule has 4 aromatic rings. The first-order valence-electron chi connectivity index (χ1n) is 13.0. The van der Waals surface area contributed by atoms with Crippen LogP contribution in [0.4, 0.5) is 0 Å². The van der Waals surface area contributed by atoms with Crippen LogP contribution in [0.2, 0.25) is 0 Å². The van der Waals surface area contributed by atoms with Gasteiger partial charge in [0.15, 0.2) is 16.8 Å². The molecule has 2 aromatic heterocycles. The van der Waals surface area contributed by atoms with E-state index in [2.05, 4.69) is 20.3 Å². The molecule has 0 amide bonds. The second kappa shape index (κ2) is 13.9. The molecule has 38 heavy (non-hydrogen) atoms. The van der Waals surface area contributed by atoms with Crippen molar-refractivity contribution >= 4 is 11.0 Å². The number of aryl methyl sites for hydroxylation is 1. The first kappa shape index (κ1) is 26.8. The van der Waals surface area contributed by atoms with Crippen LogP contribution in [0, 0.1) is 0 Å². The van der Waals surface area contributed by atoms with Crippen molar-refractivity contribution in [3.05, 3.63) is 81.1 Å². The normalized spacial score (nSPS) is 10.9. The predicted molar refractivity (Wildman–Crippen MR) is 145 cm³/mol. The summed E-state index contributed by atoms with van der Waals surface area (Å²) in [6.45, 7) is 1.44. The minimum atomic E-state index is -0.216. The van der Waals surface area contributed by atoms with E-state index in [4.69, 9.17) is 14.7 Å². The number of rotatable bonds is 15. The van der Waals surface area contributed by atoms with Crippen LogP contribution in [0.25, 0.3) is 32.7 Å². The van der Waals surface area contributed by atoms with Crippen LogP contribution in [0.15, 0.2) is 69.1 Å². The first-order chi connectivity index (χ1) is 18.7. The van der Waals surface area contributed by atoms with Crippen molar-refractivity contribution in [2.45, 2.75) is 64.5 Å². The lowest BCUT2D eigenvalue weighted by molar-refractivity contribution is 0.284. The van der Waals surface area contributed by atoms with Crippen molar-refractivity contribution in [1.29, 1.82) is 0 Å². The molecule has 0 aliphatic carbocycles. The van der Waals surface area contributed by atoms with Crippen molar-refractivity contribution in [2.24, 2.45) is 5.11 Å². The largest absolute Gasteiger partial charge is 0.504 e. The summed E-state index contributed by atoms with van der Waals surface area (Å²) in [6, 6.07) is 13.7. The molecule has 0 atom stereocenters. The Morgan fingerprint density at radius 2 is 1.74 bits per heavy atom. The molecular weight excluding hydrogens is 484 g/mol. The summed E-state index contributed by atoms with van der Waals surface area (Å²) in [6.07, 6.45) is 10.8. The Labute approximate surface area is 220 Å². The molecule has 0 radical (unpaired) electrons. The molecular formula is C28H32N6O4. The van der Waals surface area contributed by atoms with E-state index in [9.17, 15) is 9.90 Å². The molecule has 0 aliphatic heterocycles. The second-order valence-electron chi connectivity index (χ2n) is 9.18. The third-order valence-electron chi connectivity index (χ3n) is 6.30. The number of azide groups is 1. The Kier molecular flexibility index (Phi) is 9.75. The fourth-order valence-corrected chi connectivity index (χ4v) is 4.29. The third-order valence-corrected chi connectivity index (χ3v) is 6.30. The molecule has 4 rings (SSSR count). The van der Waals surface area contributed by atoms with Crippen molar-refractivity contribution in [2.75, 3.05) is 6.54 Å². The van der Waals surface area contributed by atoms with E-state index < -0.39 is 0 Å². The average Bonchev–Trinajstić information content (AvgIpc) is 3.39. The van der Waals surface area contributed by atoms with E-state index in [1.165, 1.54) is 43.9 Å². The molecule has 2 aromatic carbocycles. The highest BCUT2D eigenvalue weighted by atomic mass is 16.5. The number of phenols is 1. The van der Waals surface area contributed by atoms with E-state index in [0.717, 1.165) is 37.8 Å². The summed E-state index contributed by atoms with van der Waals surface area (Å²) < 4.78 is 13.7. The van der Waals surface area contributed by atoms with Gasteiger partial charge in [-0.1, -0.05) is 79.2 Å². The van der Waals surface area contributed by atoms with Gasteiger partial charge in [0.05, 0.1) is 11.6 Å². The standard InChI is InChI=1S/C28H32N6O4/c29-32-30-16-10-5-3-1-2-4-6-11-17-34-19-22(31-33-34)20-37-28-24(35)15-14-23-25(36)18-26(38-27(23)28)21-12-8-7-9-13-21/h7-9,12-15,18-19,35H,1-6,10-11,16-17,20H2. The van der Waals surface area contributed by atoms with Crippen LogP contribution in [0.1, 0.15) is 57.1 Å². The summed E-state index contributed by atoms with van der Waals surface area (Å²) in [4.78, 5) is 15.5. The quantitative estimate of drug-likeness (QED) is 0.0800. The number of hydrogen-bond donors (Lipinski definition) is 1. The van der Waals surface area contributed by atoms with Gasteiger partial charge in [-0.25, -0.2) is 0 Å². The lowest BCUT2D eigenvalue weighted by Crippen LogP contribution is -2.03. The summed E-state index contributed by atoms with van der Waals surface area (Å²) >= 11 is 0. The smallest absolute Gasteiger partial charge is 0.205 e. The number of benzene rings is 2. The number of nitrogens with zero attached hydrogens (tertiary/aromatic N) is 6. The molecule has 0 spiro atoms. The van der Waals surface area contributed by atoms with Crippen LogP contribution in [-0.2, 0) is 13.2 Å². The zero-order valence-corrected chi connectivity index (χ0v) is 21.3. The van der Waals surface area contributed by atoms with Gasteiger partial charge in [0.25, 0.3) is 0 Å². The van der Waals surface area contributed by atoms with E-state index in [0.29, 0.717) is 23.4 Å². The van der Waals surface area contributed by atoms with Gasteiger partial charge in [-0.15, -0.1) is 5.10 Å². The number of aromatic nitrogens is 3. The highest BCUT2D eigenvalue weighted by molar-refractivity contribution is 5.86. The average molecular weight is 517 g/mol. The van der Waals surface area contributed by atoms with Gasteiger partial charge >= 0.3 is 0 Å². The summed E-state index contributed by atoms with van der Waals surface area (Å²) in [7, 11) is 0. The maximum absolute atomic E-state index is 12.7. The lowest BCUT2D eigenvalue weighted by atomic mass is 10.1.